The lowest BCUT2D eigenvalue weighted by atomic mass is 9.95. The molecule has 0 radical (unpaired) electrons. The molecule has 0 fully saturated rings. The number of phenolic OH excluding ortho intramolecular Hbond substituents is 1. The van der Waals surface area contributed by atoms with Gasteiger partial charge in [0.1, 0.15) is 23.9 Å². The van der Waals surface area contributed by atoms with Crippen LogP contribution in [0.2, 0.25) is 0 Å². The van der Waals surface area contributed by atoms with Crippen LogP contribution >= 0.6 is 0 Å². The molecule has 1 aromatic carbocycles. The first kappa shape index (κ1) is 29.9. The molecule has 0 aliphatic heterocycles. The van der Waals surface area contributed by atoms with Crippen LogP contribution in [0, 0.1) is 17.8 Å². The number of hydrogen-bond acceptors (Lipinski definition) is 6. The molecule has 10 nitrogen and oxygen atoms in total. The summed E-state index contributed by atoms with van der Waals surface area (Å²) < 4.78 is 0. The average molecular weight is 493 g/mol. The van der Waals surface area contributed by atoms with Crippen LogP contribution in [0.5, 0.6) is 5.75 Å². The van der Waals surface area contributed by atoms with Crippen molar-refractivity contribution in [3.8, 4) is 5.75 Å². The van der Waals surface area contributed by atoms with E-state index in [0.717, 1.165) is 5.56 Å². The van der Waals surface area contributed by atoms with Gasteiger partial charge < -0.3 is 31.9 Å². The van der Waals surface area contributed by atoms with Gasteiger partial charge in [-0.05, 0) is 41.9 Å². The van der Waals surface area contributed by atoms with Gasteiger partial charge in [-0.1, -0.05) is 60.1 Å². The van der Waals surface area contributed by atoms with Crippen LogP contribution in [-0.2, 0) is 25.6 Å². The van der Waals surface area contributed by atoms with E-state index in [2.05, 4.69) is 16.0 Å². The third-order valence-corrected chi connectivity index (χ3v) is 6.00. The zero-order chi connectivity index (χ0) is 26.9. The fraction of sp³-hybridized carbons (Fsp3) is 0.600. The lowest BCUT2D eigenvalue weighted by Gasteiger charge is -2.30. The first-order valence-electron chi connectivity index (χ1n) is 12.0. The number of benzene rings is 1. The van der Waals surface area contributed by atoms with E-state index in [1.807, 2.05) is 6.92 Å². The summed E-state index contributed by atoms with van der Waals surface area (Å²) in [5.74, 6) is -3.65. The molecule has 0 aromatic heterocycles. The monoisotopic (exact) mass is 492 g/mol. The Morgan fingerprint density at radius 2 is 1.26 bits per heavy atom. The van der Waals surface area contributed by atoms with Crippen LogP contribution in [0.25, 0.3) is 0 Å². The lowest BCUT2D eigenvalue weighted by molar-refractivity contribution is -0.144. The van der Waals surface area contributed by atoms with E-state index in [4.69, 9.17) is 5.73 Å². The summed E-state index contributed by atoms with van der Waals surface area (Å²) in [4.78, 5) is 50.3. The zero-order valence-electron chi connectivity index (χ0n) is 21.4. The van der Waals surface area contributed by atoms with Gasteiger partial charge in [-0.25, -0.2) is 4.79 Å². The van der Waals surface area contributed by atoms with Gasteiger partial charge in [0.05, 0.1) is 6.04 Å². The molecule has 3 amide bonds. The Balaban J connectivity index is 2.95. The van der Waals surface area contributed by atoms with E-state index in [0.29, 0.717) is 6.42 Å². The quantitative estimate of drug-likeness (QED) is 0.240. The minimum atomic E-state index is -1.16. The Morgan fingerprint density at radius 1 is 0.800 bits per heavy atom. The predicted molar refractivity (Wildman–Crippen MR) is 132 cm³/mol. The standard InChI is InChI=1S/C25H40N4O6/c1-7-15(6)21(24(33)28-20(14(4)5)25(34)35)29-23(32)19(13(2)3)27-22(31)18(26)12-16-8-10-17(30)11-9-16/h8-11,13-15,18-21,30H,7,12,26H2,1-6H3,(H,27,31)(H,28,33)(H,29,32)(H,34,35). The fourth-order valence-electron chi connectivity index (χ4n) is 3.48. The Kier molecular flexibility index (Phi) is 11.7. The van der Waals surface area contributed by atoms with Crippen molar-refractivity contribution in [2.75, 3.05) is 0 Å². The largest absolute Gasteiger partial charge is 0.508 e. The molecule has 0 aliphatic rings. The van der Waals surface area contributed by atoms with Crippen LogP contribution in [0.4, 0.5) is 0 Å². The number of carboxylic acid groups (broad SMARTS) is 1. The Bertz CT molecular complexity index is 871. The second-order valence-electron chi connectivity index (χ2n) is 9.65. The maximum absolute atomic E-state index is 13.1. The van der Waals surface area contributed by atoms with Crippen LogP contribution in [0.3, 0.4) is 0 Å². The molecule has 0 saturated heterocycles. The van der Waals surface area contributed by atoms with Crippen LogP contribution in [0.15, 0.2) is 24.3 Å². The van der Waals surface area contributed by atoms with Crippen molar-refractivity contribution in [3.63, 3.8) is 0 Å². The van der Waals surface area contributed by atoms with Gasteiger partial charge in [0.15, 0.2) is 0 Å². The van der Waals surface area contributed by atoms with Crippen molar-refractivity contribution in [1.82, 2.24) is 16.0 Å². The van der Waals surface area contributed by atoms with Gasteiger partial charge in [0.25, 0.3) is 0 Å². The van der Waals surface area contributed by atoms with Gasteiger partial charge in [-0.3, -0.25) is 14.4 Å². The van der Waals surface area contributed by atoms with E-state index in [1.54, 1.807) is 46.8 Å². The smallest absolute Gasteiger partial charge is 0.326 e. The Morgan fingerprint density at radius 3 is 1.71 bits per heavy atom. The number of carboxylic acids is 1. The second-order valence-corrected chi connectivity index (χ2v) is 9.65. The van der Waals surface area contributed by atoms with Crippen LogP contribution < -0.4 is 21.7 Å². The molecule has 0 aliphatic carbocycles. The molecule has 0 saturated carbocycles. The van der Waals surface area contributed by atoms with E-state index < -0.39 is 47.9 Å². The molecular weight excluding hydrogens is 452 g/mol. The summed E-state index contributed by atoms with van der Waals surface area (Å²) in [5, 5.41) is 26.7. The van der Waals surface area contributed by atoms with Crippen molar-refractivity contribution in [1.29, 1.82) is 0 Å². The number of aromatic hydroxyl groups is 1. The van der Waals surface area contributed by atoms with Crippen molar-refractivity contribution < 1.29 is 29.4 Å². The lowest BCUT2D eigenvalue weighted by Crippen LogP contribution is -2.60. The number of carbonyl (C=O) groups excluding carboxylic acids is 3. The summed E-state index contributed by atoms with van der Waals surface area (Å²) in [7, 11) is 0. The molecule has 5 atom stereocenters. The predicted octanol–water partition coefficient (Wildman–Crippen LogP) is 1.16. The number of rotatable bonds is 13. The molecule has 0 spiro atoms. The highest BCUT2D eigenvalue weighted by Crippen LogP contribution is 2.13. The molecule has 0 bridgehead atoms. The molecule has 0 heterocycles. The highest BCUT2D eigenvalue weighted by atomic mass is 16.4. The first-order valence-corrected chi connectivity index (χ1v) is 12.0. The van der Waals surface area contributed by atoms with Crippen LogP contribution in [0.1, 0.15) is 53.5 Å². The Labute approximate surface area is 207 Å². The highest BCUT2D eigenvalue weighted by molar-refractivity contribution is 5.94. The molecule has 1 aromatic rings. The molecular formula is C25H40N4O6. The molecule has 196 valence electrons. The van der Waals surface area contributed by atoms with Crippen molar-refractivity contribution in [2.45, 2.75) is 78.6 Å². The van der Waals surface area contributed by atoms with Gasteiger partial charge in [0, 0.05) is 0 Å². The molecule has 10 heteroatoms. The van der Waals surface area contributed by atoms with Gasteiger partial charge >= 0.3 is 5.97 Å². The summed E-state index contributed by atoms with van der Waals surface area (Å²) in [6.07, 6.45) is 0.774. The number of nitrogens with one attached hydrogen (secondary N) is 3. The minimum Gasteiger partial charge on any atom is -0.508 e. The number of amides is 3. The summed E-state index contributed by atoms with van der Waals surface area (Å²) in [6.45, 7) is 10.5. The van der Waals surface area contributed by atoms with E-state index >= 15 is 0 Å². The fourth-order valence-corrected chi connectivity index (χ4v) is 3.48. The molecule has 35 heavy (non-hydrogen) atoms. The van der Waals surface area contributed by atoms with Gasteiger partial charge in [-0.15, -0.1) is 0 Å². The molecule has 1 rings (SSSR count). The molecule has 7 N–H and O–H groups in total. The number of phenols is 1. The van der Waals surface area contributed by atoms with E-state index in [-0.39, 0.29) is 29.9 Å². The van der Waals surface area contributed by atoms with Crippen LogP contribution in [-0.4, -0.2) is 58.1 Å². The SMILES string of the molecule is CCC(C)C(NC(=O)C(NC(=O)C(N)Cc1ccc(O)cc1)C(C)C)C(=O)NC(C(=O)O)C(C)C. The van der Waals surface area contributed by atoms with Crippen molar-refractivity contribution in [2.24, 2.45) is 23.5 Å². The summed E-state index contributed by atoms with van der Waals surface area (Å²) in [6, 6.07) is 2.37. The number of carbonyl (C=O) groups is 4. The topological polar surface area (TPSA) is 171 Å². The second kappa shape index (κ2) is 13.7. The maximum Gasteiger partial charge on any atom is 0.326 e. The number of nitrogens with two attached hydrogens (primary N) is 1. The molecule has 5 unspecified atom stereocenters. The van der Waals surface area contributed by atoms with Gasteiger partial charge in [0.2, 0.25) is 17.7 Å². The number of hydrogen-bond donors (Lipinski definition) is 6. The van der Waals surface area contributed by atoms with Crippen molar-refractivity contribution in [3.05, 3.63) is 29.8 Å². The Hall–Kier alpha value is -3.14. The summed E-state index contributed by atoms with van der Waals surface area (Å²) in [5.41, 5.74) is 6.79. The van der Waals surface area contributed by atoms with E-state index in [1.165, 1.54) is 12.1 Å². The first-order chi connectivity index (χ1) is 16.3. The third-order valence-electron chi connectivity index (χ3n) is 6.00. The number of aliphatic carboxylic acids is 1. The third kappa shape index (κ3) is 9.20. The maximum atomic E-state index is 13.1. The average Bonchev–Trinajstić information content (AvgIpc) is 2.78. The zero-order valence-corrected chi connectivity index (χ0v) is 21.4. The minimum absolute atomic E-state index is 0.103. The summed E-state index contributed by atoms with van der Waals surface area (Å²) >= 11 is 0. The van der Waals surface area contributed by atoms with Gasteiger partial charge in [-0.2, -0.15) is 0 Å². The highest BCUT2D eigenvalue weighted by Gasteiger charge is 2.34. The van der Waals surface area contributed by atoms with E-state index in [9.17, 15) is 29.4 Å². The normalized spacial score (nSPS) is 15.6. The van der Waals surface area contributed by atoms with Crippen molar-refractivity contribution >= 4 is 23.7 Å².